The van der Waals surface area contributed by atoms with E-state index in [2.05, 4.69) is 5.10 Å². The number of carbonyl (C=O) groups excluding carboxylic acids is 3. The van der Waals surface area contributed by atoms with Crippen LogP contribution in [0.15, 0.2) is 11.8 Å². The largest absolute Gasteiger partial charge is 0.457 e. The number of hydrogen-bond donors (Lipinski definition) is 1. The minimum absolute atomic E-state index is 0.0395. The maximum atomic E-state index is 17.9. The molecule has 4 aliphatic carbocycles. The Morgan fingerprint density at radius 2 is 1.87 bits per heavy atom. The van der Waals surface area contributed by atoms with Crippen LogP contribution in [0.1, 0.15) is 84.4 Å². The fraction of sp³-hybridized carbons (Fsp3) is 0.733. The Morgan fingerprint density at radius 3 is 2.54 bits per heavy atom. The number of ether oxygens (including phenoxy) is 2. The molecule has 1 aromatic heterocycles. The maximum absolute atomic E-state index is 17.9. The highest BCUT2D eigenvalue weighted by Crippen LogP contribution is 2.72. The second-order valence-corrected chi connectivity index (χ2v) is 12.7. The molecule has 3 saturated carbocycles. The summed E-state index contributed by atoms with van der Waals surface area (Å²) in [6.07, 6.45) is 4.68. The van der Waals surface area contributed by atoms with Gasteiger partial charge in [0, 0.05) is 42.6 Å². The first kappa shape index (κ1) is 28.0. The summed E-state index contributed by atoms with van der Waals surface area (Å²) in [7, 11) is 1.88. The van der Waals surface area contributed by atoms with Crippen LogP contribution in [0.4, 0.5) is 4.39 Å². The lowest BCUT2D eigenvalue weighted by atomic mass is 9.43. The van der Waals surface area contributed by atoms with E-state index in [9.17, 15) is 19.5 Å². The van der Waals surface area contributed by atoms with Crippen LogP contribution in [0, 0.1) is 28.6 Å². The van der Waals surface area contributed by atoms with Gasteiger partial charge in [0.1, 0.15) is 5.67 Å². The molecule has 0 unspecified atom stereocenters. The third-order valence-corrected chi connectivity index (χ3v) is 10.9. The van der Waals surface area contributed by atoms with Crippen LogP contribution >= 0.6 is 0 Å². The first-order valence-corrected chi connectivity index (χ1v) is 14.3. The molecule has 8 atom stereocenters. The van der Waals surface area contributed by atoms with Crippen molar-refractivity contribution in [3.05, 3.63) is 23.0 Å². The number of aliphatic hydroxyl groups is 1. The molecular weight excluding hydrogens is 503 g/mol. The number of aliphatic hydroxyl groups excluding tert-OH is 1. The number of esters is 2. The molecule has 4 aliphatic rings. The number of aryl methyl sites for hydroxylation is 1. The van der Waals surface area contributed by atoms with E-state index in [-0.39, 0.29) is 25.2 Å². The fourth-order valence-electron chi connectivity index (χ4n) is 8.98. The SMILES string of the molecule is CCC(=O)OCC(=O)[C@]1(OC(=O)CC)[C@H](C)C[C@H]2[C@@H]3CCC4=Cc5c(cnn5C)C[C@]4(C)[C@@]3(F)[C@@H](O)C[C@@]21C. The maximum Gasteiger partial charge on any atom is 0.306 e. The summed E-state index contributed by atoms with van der Waals surface area (Å²) in [6, 6.07) is 0. The van der Waals surface area contributed by atoms with Gasteiger partial charge in [0.2, 0.25) is 5.78 Å². The number of rotatable bonds is 6. The Labute approximate surface area is 229 Å². The molecule has 3 fully saturated rings. The Bertz CT molecular complexity index is 1240. The highest BCUT2D eigenvalue weighted by atomic mass is 19.1. The van der Waals surface area contributed by atoms with Crippen LogP contribution in [0.2, 0.25) is 0 Å². The van der Waals surface area contributed by atoms with Crippen molar-refractivity contribution in [1.29, 1.82) is 0 Å². The van der Waals surface area contributed by atoms with Crippen LogP contribution in [0.5, 0.6) is 0 Å². The summed E-state index contributed by atoms with van der Waals surface area (Å²) in [5.74, 6) is -2.85. The predicted molar refractivity (Wildman–Crippen MR) is 141 cm³/mol. The fourth-order valence-corrected chi connectivity index (χ4v) is 8.98. The van der Waals surface area contributed by atoms with Crippen LogP contribution in [0.25, 0.3) is 6.08 Å². The van der Waals surface area contributed by atoms with Crippen molar-refractivity contribution in [2.45, 2.75) is 96.9 Å². The van der Waals surface area contributed by atoms with Gasteiger partial charge in [-0.3, -0.25) is 19.1 Å². The summed E-state index contributed by atoms with van der Waals surface area (Å²) >= 11 is 0. The Morgan fingerprint density at radius 1 is 1.18 bits per heavy atom. The quantitative estimate of drug-likeness (QED) is 0.537. The standard InChI is InChI=1S/C30H41FN2O6/c1-7-25(36)38-16-24(35)30(39-26(37)8-2)17(3)11-21-20-10-9-19-12-22-18(15-32-33(22)6)13-27(19,4)29(20,31)23(34)14-28(21,30)5/h12,15,17,20-21,23,34H,7-11,13-14,16H2,1-6H3/t17-,20+,21+,23+,27+,28+,29+,30-/m1/s1. The van der Waals surface area contributed by atoms with Crippen molar-refractivity contribution in [1.82, 2.24) is 9.78 Å². The van der Waals surface area contributed by atoms with Crippen molar-refractivity contribution < 1.29 is 33.4 Å². The van der Waals surface area contributed by atoms with E-state index < -0.39 is 64.4 Å². The molecule has 214 valence electrons. The molecule has 1 N–H and O–H groups in total. The zero-order valence-corrected chi connectivity index (χ0v) is 23.9. The third-order valence-electron chi connectivity index (χ3n) is 10.9. The van der Waals surface area contributed by atoms with Crippen molar-refractivity contribution in [2.24, 2.45) is 35.6 Å². The minimum atomic E-state index is -1.93. The van der Waals surface area contributed by atoms with E-state index in [0.29, 0.717) is 25.7 Å². The van der Waals surface area contributed by atoms with E-state index in [0.717, 1.165) is 16.8 Å². The molecule has 0 saturated heterocycles. The van der Waals surface area contributed by atoms with Crippen LogP contribution in [0.3, 0.4) is 0 Å². The molecular formula is C30H41FN2O6. The zero-order valence-electron chi connectivity index (χ0n) is 23.9. The first-order chi connectivity index (χ1) is 18.3. The average Bonchev–Trinajstić information content (AvgIpc) is 3.35. The Balaban J connectivity index is 1.58. The molecule has 1 aromatic rings. The number of alkyl halides is 1. The molecule has 5 rings (SSSR count). The summed E-state index contributed by atoms with van der Waals surface area (Å²) in [4.78, 5) is 38.6. The minimum Gasteiger partial charge on any atom is -0.457 e. The van der Waals surface area contributed by atoms with Gasteiger partial charge in [0.15, 0.2) is 12.2 Å². The topological polar surface area (TPSA) is 108 Å². The lowest BCUT2D eigenvalue weighted by molar-refractivity contribution is -0.234. The molecule has 0 aliphatic heterocycles. The summed E-state index contributed by atoms with van der Waals surface area (Å²) in [6.45, 7) is 8.42. The van der Waals surface area contributed by atoms with Crippen LogP contribution < -0.4 is 0 Å². The molecule has 0 radical (unpaired) electrons. The van der Waals surface area contributed by atoms with Gasteiger partial charge in [-0.2, -0.15) is 5.10 Å². The third kappa shape index (κ3) is 3.57. The van der Waals surface area contributed by atoms with Crippen LogP contribution in [-0.2, 0) is 37.3 Å². The monoisotopic (exact) mass is 544 g/mol. The number of carbonyl (C=O) groups is 3. The van der Waals surface area contributed by atoms with Gasteiger partial charge in [-0.05, 0) is 49.7 Å². The average molecular weight is 545 g/mol. The Hall–Kier alpha value is -2.55. The lowest BCUT2D eigenvalue weighted by Crippen LogP contribution is -2.70. The second-order valence-electron chi connectivity index (χ2n) is 12.7. The molecule has 9 heteroatoms. The molecule has 0 aromatic carbocycles. The lowest BCUT2D eigenvalue weighted by Gasteiger charge is -2.63. The Kier molecular flexibility index (Phi) is 6.64. The number of aromatic nitrogens is 2. The molecule has 0 amide bonds. The predicted octanol–water partition coefficient (Wildman–Crippen LogP) is 4.13. The van der Waals surface area contributed by atoms with E-state index >= 15 is 4.39 Å². The van der Waals surface area contributed by atoms with Crippen molar-refractivity contribution in [3.8, 4) is 0 Å². The first-order valence-electron chi connectivity index (χ1n) is 14.3. The van der Waals surface area contributed by atoms with Crippen molar-refractivity contribution in [3.63, 3.8) is 0 Å². The number of nitrogens with zero attached hydrogens (tertiary/aromatic N) is 2. The van der Waals surface area contributed by atoms with Crippen molar-refractivity contribution in [2.75, 3.05) is 6.61 Å². The zero-order chi connectivity index (χ0) is 28.5. The number of ketones is 1. The van der Waals surface area contributed by atoms with Gasteiger partial charge in [-0.1, -0.05) is 40.2 Å². The van der Waals surface area contributed by atoms with E-state index in [1.54, 1.807) is 24.7 Å². The van der Waals surface area contributed by atoms with Gasteiger partial charge in [0.05, 0.1) is 18.0 Å². The van der Waals surface area contributed by atoms with Gasteiger partial charge in [0.25, 0.3) is 0 Å². The normalized spacial score (nSPS) is 40.5. The smallest absolute Gasteiger partial charge is 0.306 e. The number of hydrogen-bond acceptors (Lipinski definition) is 7. The van der Waals surface area contributed by atoms with Crippen molar-refractivity contribution >= 4 is 23.8 Å². The van der Waals surface area contributed by atoms with Crippen LogP contribution in [-0.4, -0.2) is 56.6 Å². The second kappa shape index (κ2) is 9.25. The number of Topliss-reactive ketones (excluding diaryl/α,β-unsaturated/α-hetero) is 1. The summed E-state index contributed by atoms with van der Waals surface area (Å²) < 4.78 is 31.0. The van der Waals surface area contributed by atoms with Gasteiger partial charge >= 0.3 is 11.9 Å². The summed E-state index contributed by atoms with van der Waals surface area (Å²) in [5.41, 5.74) is -2.59. The number of halogens is 1. The number of fused-ring (bicyclic) bond motifs is 6. The number of allylic oxidation sites excluding steroid dienone is 1. The van der Waals surface area contributed by atoms with E-state index in [4.69, 9.17) is 9.47 Å². The molecule has 8 nitrogen and oxygen atoms in total. The highest BCUT2D eigenvalue weighted by molar-refractivity contribution is 5.93. The van der Waals surface area contributed by atoms with Gasteiger partial charge in [-0.15, -0.1) is 0 Å². The van der Waals surface area contributed by atoms with E-state index in [1.807, 2.05) is 33.9 Å². The molecule has 0 bridgehead atoms. The van der Waals surface area contributed by atoms with Gasteiger partial charge < -0.3 is 14.6 Å². The molecule has 1 heterocycles. The summed E-state index contributed by atoms with van der Waals surface area (Å²) in [5, 5.41) is 16.2. The van der Waals surface area contributed by atoms with E-state index in [1.165, 1.54) is 0 Å². The highest BCUT2D eigenvalue weighted by Gasteiger charge is 2.77. The van der Waals surface area contributed by atoms with Gasteiger partial charge in [-0.25, -0.2) is 4.39 Å². The molecule has 0 spiro atoms. The molecule has 39 heavy (non-hydrogen) atoms.